The second-order valence-electron chi connectivity index (χ2n) is 3.76. The lowest BCUT2D eigenvalue weighted by Gasteiger charge is -2.09. The lowest BCUT2D eigenvalue weighted by Crippen LogP contribution is -2.00. The van der Waals surface area contributed by atoms with Gasteiger partial charge in [-0.05, 0) is 51.8 Å². The maximum Gasteiger partial charge on any atom is 0.165 e. The number of nitrogens with one attached hydrogen (secondary N) is 1. The Morgan fingerprint density at radius 2 is 1.89 bits per heavy atom. The summed E-state index contributed by atoms with van der Waals surface area (Å²) >= 11 is 6.81. The van der Waals surface area contributed by atoms with Gasteiger partial charge in [-0.1, -0.05) is 22.0 Å². The van der Waals surface area contributed by atoms with Crippen LogP contribution in [0.1, 0.15) is 5.56 Å². The highest BCUT2D eigenvalue weighted by Crippen LogP contribution is 2.26. The molecule has 0 heterocycles. The Morgan fingerprint density at radius 1 is 1.11 bits per heavy atom. The molecular formula is C13H10Br2FNO. The summed E-state index contributed by atoms with van der Waals surface area (Å²) in [6, 6.07) is 10.1. The fourth-order valence-electron chi connectivity index (χ4n) is 1.49. The van der Waals surface area contributed by atoms with E-state index in [1.807, 2.05) is 18.2 Å². The number of benzene rings is 2. The van der Waals surface area contributed by atoms with E-state index in [0.717, 1.165) is 20.2 Å². The van der Waals surface area contributed by atoms with Gasteiger partial charge in [-0.15, -0.1) is 0 Å². The van der Waals surface area contributed by atoms with Crippen LogP contribution in [-0.4, -0.2) is 5.11 Å². The molecule has 0 unspecified atom stereocenters. The minimum Gasteiger partial charge on any atom is -0.505 e. The topological polar surface area (TPSA) is 32.3 Å². The lowest BCUT2D eigenvalue weighted by atomic mass is 10.2. The second kappa shape index (κ2) is 5.71. The Balaban J connectivity index is 2.09. The molecule has 5 heteroatoms. The molecule has 0 fully saturated rings. The molecule has 94 valence electrons. The summed E-state index contributed by atoms with van der Waals surface area (Å²) in [4.78, 5) is 0. The summed E-state index contributed by atoms with van der Waals surface area (Å²) < 4.78 is 15.1. The third-order valence-corrected chi connectivity index (χ3v) is 3.58. The van der Waals surface area contributed by atoms with E-state index < -0.39 is 5.82 Å². The Bertz CT molecular complexity index is 575. The highest BCUT2D eigenvalue weighted by Gasteiger charge is 2.03. The van der Waals surface area contributed by atoms with Gasteiger partial charge >= 0.3 is 0 Å². The normalized spacial score (nSPS) is 10.4. The molecule has 0 bridgehead atoms. The number of aromatic hydroxyl groups is 1. The first-order chi connectivity index (χ1) is 8.56. The SMILES string of the molecule is Oc1ccc(CNc2ccc(Br)cc2Br)cc1F. The number of phenols is 1. The Morgan fingerprint density at radius 3 is 2.56 bits per heavy atom. The fourth-order valence-corrected chi connectivity index (χ4v) is 2.68. The Hall–Kier alpha value is -1.07. The number of anilines is 1. The molecular weight excluding hydrogens is 365 g/mol. The van der Waals surface area contributed by atoms with Crippen molar-refractivity contribution in [2.75, 3.05) is 5.32 Å². The van der Waals surface area contributed by atoms with E-state index in [0.29, 0.717) is 6.54 Å². The molecule has 0 aliphatic rings. The third-order valence-electron chi connectivity index (χ3n) is 2.43. The lowest BCUT2D eigenvalue weighted by molar-refractivity contribution is 0.432. The van der Waals surface area contributed by atoms with Crippen LogP contribution in [0.15, 0.2) is 45.3 Å². The number of hydrogen-bond donors (Lipinski definition) is 2. The van der Waals surface area contributed by atoms with E-state index in [4.69, 9.17) is 5.11 Å². The van der Waals surface area contributed by atoms with Gasteiger partial charge in [0.15, 0.2) is 11.6 Å². The van der Waals surface area contributed by atoms with Crippen LogP contribution in [-0.2, 0) is 6.54 Å². The quantitative estimate of drug-likeness (QED) is 0.818. The van der Waals surface area contributed by atoms with Gasteiger partial charge in [0.25, 0.3) is 0 Å². The average molecular weight is 375 g/mol. The summed E-state index contributed by atoms with van der Waals surface area (Å²) in [6.45, 7) is 0.484. The van der Waals surface area contributed by atoms with Crippen LogP contribution >= 0.6 is 31.9 Å². The van der Waals surface area contributed by atoms with Gasteiger partial charge in [-0.2, -0.15) is 0 Å². The van der Waals surface area contributed by atoms with Crippen molar-refractivity contribution in [2.24, 2.45) is 0 Å². The molecule has 18 heavy (non-hydrogen) atoms. The largest absolute Gasteiger partial charge is 0.505 e. The first-order valence-corrected chi connectivity index (χ1v) is 6.81. The molecule has 2 nitrogen and oxygen atoms in total. The van der Waals surface area contributed by atoms with Crippen LogP contribution in [0.2, 0.25) is 0 Å². The summed E-state index contributed by atoms with van der Waals surface area (Å²) in [6.07, 6.45) is 0. The van der Waals surface area contributed by atoms with Gasteiger partial charge in [-0.3, -0.25) is 0 Å². The number of phenolic OH excluding ortho intramolecular Hbond substituents is 1. The summed E-state index contributed by atoms with van der Waals surface area (Å²) in [7, 11) is 0. The average Bonchev–Trinajstić information content (AvgIpc) is 2.32. The maximum atomic E-state index is 13.1. The highest BCUT2D eigenvalue weighted by molar-refractivity contribution is 9.11. The smallest absolute Gasteiger partial charge is 0.165 e. The maximum absolute atomic E-state index is 13.1. The Labute approximate surface area is 121 Å². The first-order valence-electron chi connectivity index (χ1n) is 5.22. The molecule has 0 aliphatic carbocycles. The van der Waals surface area contributed by atoms with E-state index in [2.05, 4.69) is 37.2 Å². The molecule has 2 aromatic carbocycles. The molecule has 0 saturated carbocycles. The van der Waals surface area contributed by atoms with Crippen molar-refractivity contribution in [2.45, 2.75) is 6.54 Å². The predicted octanol–water partition coefficient (Wildman–Crippen LogP) is 4.67. The number of halogens is 3. The van der Waals surface area contributed by atoms with Crippen molar-refractivity contribution in [1.82, 2.24) is 0 Å². The van der Waals surface area contributed by atoms with Crippen LogP contribution in [0, 0.1) is 5.82 Å². The second-order valence-corrected chi connectivity index (χ2v) is 5.53. The van der Waals surface area contributed by atoms with E-state index in [9.17, 15) is 4.39 Å². The summed E-state index contributed by atoms with van der Waals surface area (Å²) in [5, 5.41) is 12.3. The van der Waals surface area contributed by atoms with Crippen LogP contribution < -0.4 is 5.32 Å². The minimum atomic E-state index is -0.607. The van der Waals surface area contributed by atoms with Gasteiger partial charge in [0, 0.05) is 21.2 Å². The van der Waals surface area contributed by atoms with Crippen LogP contribution in [0.25, 0.3) is 0 Å². The minimum absolute atomic E-state index is 0.330. The Kier molecular flexibility index (Phi) is 4.24. The molecule has 2 N–H and O–H groups in total. The molecule has 0 spiro atoms. The zero-order valence-corrected chi connectivity index (χ0v) is 12.4. The van der Waals surface area contributed by atoms with Gasteiger partial charge in [0.1, 0.15) is 0 Å². The van der Waals surface area contributed by atoms with Crippen molar-refractivity contribution >= 4 is 37.5 Å². The third kappa shape index (κ3) is 3.23. The van der Waals surface area contributed by atoms with Gasteiger partial charge < -0.3 is 10.4 Å². The van der Waals surface area contributed by atoms with Crippen molar-refractivity contribution in [3.8, 4) is 5.75 Å². The monoisotopic (exact) mass is 373 g/mol. The van der Waals surface area contributed by atoms with Gasteiger partial charge in [0.2, 0.25) is 0 Å². The fraction of sp³-hybridized carbons (Fsp3) is 0.0769. The van der Waals surface area contributed by atoms with E-state index in [1.165, 1.54) is 12.1 Å². The van der Waals surface area contributed by atoms with E-state index in [1.54, 1.807) is 6.07 Å². The number of rotatable bonds is 3. The molecule has 0 radical (unpaired) electrons. The molecule has 2 rings (SSSR count). The molecule has 0 saturated heterocycles. The van der Waals surface area contributed by atoms with Crippen LogP contribution in [0.3, 0.4) is 0 Å². The van der Waals surface area contributed by atoms with Crippen LogP contribution in [0.4, 0.5) is 10.1 Å². The molecule has 0 aromatic heterocycles. The van der Waals surface area contributed by atoms with Crippen molar-refractivity contribution in [3.63, 3.8) is 0 Å². The molecule has 2 aromatic rings. The van der Waals surface area contributed by atoms with Gasteiger partial charge in [0.05, 0.1) is 0 Å². The van der Waals surface area contributed by atoms with Crippen molar-refractivity contribution in [1.29, 1.82) is 0 Å². The standard InChI is InChI=1S/C13H10Br2FNO/c14-9-2-3-12(10(15)6-9)17-7-8-1-4-13(18)11(16)5-8/h1-6,17-18H,7H2. The molecule has 0 atom stereocenters. The molecule has 0 aliphatic heterocycles. The summed E-state index contributed by atoms with van der Waals surface area (Å²) in [5.74, 6) is -0.937. The predicted molar refractivity (Wildman–Crippen MR) is 77.2 cm³/mol. The zero-order valence-electron chi connectivity index (χ0n) is 9.25. The van der Waals surface area contributed by atoms with Crippen LogP contribution in [0.5, 0.6) is 5.75 Å². The number of hydrogen-bond acceptors (Lipinski definition) is 2. The molecule has 0 amide bonds. The first kappa shape index (κ1) is 13.4. The highest BCUT2D eigenvalue weighted by atomic mass is 79.9. The van der Waals surface area contributed by atoms with E-state index in [-0.39, 0.29) is 5.75 Å². The summed E-state index contributed by atoms with van der Waals surface area (Å²) in [5.41, 5.74) is 1.69. The van der Waals surface area contributed by atoms with Crippen molar-refractivity contribution < 1.29 is 9.50 Å². The van der Waals surface area contributed by atoms with E-state index >= 15 is 0 Å². The van der Waals surface area contributed by atoms with Gasteiger partial charge in [-0.25, -0.2) is 4.39 Å². The van der Waals surface area contributed by atoms with Crippen molar-refractivity contribution in [3.05, 3.63) is 56.7 Å². The zero-order chi connectivity index (χ0) is 13.1.